The van der Waals surface area contributed by atoms with Gasteiger partial charge in [-0.15, -0.1) is 0 Å². The first-order valence-electron chi connectivity index (χ1n) is 3.59. The van der Waals surface area contributed by atoms with Crippen LogP contribution in [0, 0.1) is 0 Å². The Kier molecular flexibility index (Phi) is 4.63. The molecule has 0 aromatic rings. The molecule has 0 aliphatic rings. The molecule has 58 valence electrons. The smallest absolute Gasteiger partial charge is 0.160 e. The lowest BCUT2D eigenvalue weighted by molar-refractivity contribution is -0.115. The van der Waals surface area contributed by atoms with E-state index in [1.807, 2.05) is 13.8 Å². The van der Waals surface area contributed by atoms with E-state index >= 15 is 0 Å². The Morgan fingerprint density at radius 1 is 1.60 bits per heavy atom. The highest BCUT2D eigenvalue weighted by Crippen LogP contribution is 1.99. The molecule has 0 heterocycles. The fraction of sp³-hybridized carbons (Fsp3) is 0.625. The molecule has 0 aromatic carbocycles. The fourth-order valence-electron chi connectivity index (χ4n) is 0.721. The van der Waals surface area contributed by atoms with Crippen LogP contribution >= 0.6 is 0 Å². The van der Waals surface area contributed by atoms with Crippen LogP contribution in [-0.4, -0.2) is 12.8 Å². The van der Waals surface area contributed by atoms with Crippen LogP contribution in [-0.2, 0) is 4.79 Å². The number of allylic oxidation sites excluding steroid dienone is 1. The molecular formula is C8H15NO. The van der Waals surface area contributed by atoms with Crippen molar-refractivity contribution in [1.82, 2.24) is 5.32 Å². The lowest BCUT2D eigenvalue weighted by Gasteiger charge is -1.96. The summed E-state index contributed by atoms with van der Waals surface area (Å²) in [5, 5.41) is 2.82. The first-order chi connectivity index (χ1) is 4.72. The Hall–Kier alpha value is -0.790. The van der Waals surface area contributed by atoms with Gasteiger partial charge in [0, 0.05) is 25.2 Å². The fourth-order valence-corrected chi connectivity index (χ4v) is 0.721. The van der Waals surface area contributed by atoms with Crippen molar-refractivity contribution in [1.29, 1.82) is 0 Å². The first kappa shape index (κ1) is 9.21. The minimum atomic E-state index is 0.233. The number of nitrogens with one attached hydrogen (secondary N) is 1. The molecule has 2 heteroatoms. The maximum Gasteiger partial charge on any atom is 0.160 e. The minimum Gasteiger partial charge on any atom is -0.394 e. The van der Waals surface area contributed by atoms with Crippen LogP contribution in [0.2, 0.25) is 0 Å². The topological polar surface area (TPSA) is 29.1 Å². The van der Waals surface area contributed by atoms with Crippen LogP contribution in [0.25, 0.3) is 0 Å². The van der Waals surface area contributed by atoms with Crippen LogP contribution in [0.4, 0.5) is 0 Å². The molecule has 0 aliphatic heterocycles. The molecule has 0 rings (SSSR count). The van der Waals surface area contributed by atoms with Gasteiger partial charge in [0.1, 0.15) is 0 Å². The van der Waals surface area contributed by atoms with Crippen LogP contribution in [0.3, 0.4) is 0 Å². The Bertz CT molecular complexity index is 138. The van der Waals surface area contributed by atoms with E-state index in [0.717, 1.165) is 12.0 Å². The van der Waals surface area contributed by atoms with Crippen molar-refractivity contribution in [2.24, 2.45) is 0 Å². The van der Waals surface area contributed by atoms with Crippen molar-refractivity contribution < 1.29 is 4.79 Å². The summed E-state index contributed by atoms with van der Waals surface area (Å²) in [7, 11) is 1.79. The predicted molar refractivity (Wildman–Crippen MR) is 42.7 cm³/mol. The third-order valence-corrected chi connectivity index (χ3v) is 1.28. The van der Waals surface area contributed by atoms with Gasteiger partial charge < -0.3 is 5.32 Å². The summed E-state index contributed by atoms with van der Waals surface area (Å²) in [4.78, 5) is 11.0. The standard InChI is InChI=1S/C8H15NO/c1-4-5-8(10)7(2)6-9-3/h6,9H,4-5H2,1-3H3/b7-6+. The van der Waals surface area contributed by atoms with Gasteiger partial charge in [0.15, 0.2) is 5.78 Å². The van der Waals surface area contributed by atoms with Crippen molar-refractivity contribution in [2.75, 3.05) is 7.05 Å². The van der Waals surface area contributed by atoms with E-state index in [2.05, 4.69) is 5.32 Å². The average molecular weight is 141 g/mol. The zero-order valence-corrected chi connectivity index (χ0v) is 6.90. The number of Topliss-reactive ketones (excluding diaryl/α,β-unsaturated/α-hetero) is 1. The molecule has 0 aliphatic carbocycles. The van der Waals surface area contributed by atoms with Gasteiger partial charge in [-0.25, -0.2) is 0 Å². The van der Waals surface area contributed by atoms with Gasteiger partial charge in [-0.3, -0.25) is 4.79 Å². The van der Waals surface area contributed by atoms with E-state index < -0.39 is 0 Å². The first-order valence-corrected chi connectivity index (χ1v) is 3.59. The van der Waals surface area contributed by atoms with Gasteiger partial charge >= 0.3 is 0 Å². The van der Waals surface area contributed by atoms with Gasteiger partial charge in [0.25, 0.3) is 0 Å². The number of rotatable bonds is 4. The van der Waals surface area contributed by atoms with Crippen LogP contribution in [0.15, 0.2) is 11.8 Å². The van der Waals surface area contributed by atoms with Crippen molar-refractivity contribution in [3.05, 3.63) is 11.8 Å². The highest BCUT2D eigenvalue weighted by Gasteiger charge is 2.00. The number of ketones is 1. The largest absolute Gasteiger partial charge is 0.394 e. The monoisotopic (exact) mass is 141 g/mol. The van der Waals surface area contributed by atoms with E-state index in [1.54, 1.807) is 13.2 Å². The van der Waals surface area contributed by atoms with E-state index in [0.29, 0.717) is 6.42 Å². The highest BCUT2D eigenvalue weighted by molar-refractivity contribution is 5.94. The summed E-state index contributed by atoms with van der Waals surface area (Å²) in [6.07, 6.45) is 3.32. The number of carbonyl (C=O) groups is 1. The molecule has 10 heavy (non-hydrogen) atoms. The SMILES string of the molecule is CCCC(=O)/C(C)=C/NC. The molecule has 0 atom stereocenters. The zero-order chi connectivity index (χ0) is 7.98. The van der Waals surface area contributed by atoms with Gasteiger partial charge in [-0.05, 0) is 13.3 Å². The third-order valence-electron chi connectivity index (χ3n) is 1.28. The summed E-state index contributed by atoms with van der Waals surface area (Å²) in [6, 6.07) is 0. The second-order valence-electron chi connectivity index (χ2n) is 2.29. The zero-order valence-electron chi connectivity index (χ0n) is 6.90. The maximum atomic E-state index is 11.0. The number of carbonyl (C=O) groups excluding carboxylic acids is 1. The van der Waals surface area contributed by atoms with Gasteiger partial charge in [-0.2, -0.15) is 0 Å². The molecule has 0 saturated carbocycles. The van der Waals surface area contributed by atoms with Crippen molar-refractivity contribution in [2.45, 2.75) is 26.7 Å². The number of hydrogen-bond acceptors (Lipinski definition) is 2. The molecular weight excluding hydrogens is 126 g/mol. The molecule has 0 bridgehead atoms. The quantitative estimate of drug-likeness (QED) is 0.601. The Labute approximate surface area is 62.3 Å². The van der Waals surface area contributed by atoms with Crippen molar-refractivity contribution >= 4 is 5.78 Å². The molecule has 1 N–H and O–H groups in total. The van der Waals surface area contributed by atoms with E-state index in [4.69, 9.17) is 0 Å². The second-order valence-corrected chi connectivity index (χ2v) is 2.29. The summed E-state index contributed by atoms with van der Waals surface area (Å²) >= 11 is 0. The Balaban J connectivity index is 3.82. The van der Waals surface area contributed by atoms with Crippen LogP contribution in [0.1, 0.15) is 26.7 Å². The van der Waals surface area contributed by atoms with E-state index in [-0.39, 0.29) is 5.78 Å². The minimum absolute atomic E-state index is 0.233. The van der Waals surface area contributed by atoms with Crippen molar-refractivity contribution in [3.8, 4) is 0 Å². The molecule has 0 fully saturated rings. The lowest BCUT2D eigenvalue weighted by Crippen LogP contribution is -2.03. The molecule has 0 spiro atoms. The lowest BCUT2D eigenvalue weighted by atomic mass is 10.1. The van der Waals surface area contributed by atoms with E-state index in [1.165, 1.54) is 0 Å². The molecule has 0 aromatic heterocycles. The van der Waals surface area contributed by atoms with Gasteiger partial charge in [0.05, 0.1) is 0 Å². The molecule has 0 radical (unpaired) electrons. The summed E-state index contributed by atoms with van der Waals surface area (Å²) < 4.78 is 0. The Morgan fingerprint density at radius 2 is 2.20 bits per heavy atom. The summed E-state index contributed by atoms with van der Waals surface area (Å²) in [5.74, 6) is 0.233. The Morgan fingerprint density at radius 3 is 2.60 bits per heavy atom. The van der Waals surface area contributed by atoms with Gasteiger partial charge in [0.2, 0.25) is 0 Å². The molecule has 2 nitrogen and oxygen atoms in total. The number of hydrogen-bond donors (Lipinski definition) is 1. The van der Waals surface area contributed by atoms with E-state index in [9.17, 15) is 4.79 Å². The maximum absolute atomic E-state index is 11.0. The van der Waals surface area contributed by atoms with Crippen LogP contribution < -0.4 is 5.32 Å². The average Bonchev–Trinajstić information content (AvgIpc) is 1.89. The summed E-state index contributed by atoms with van der Waals surface area (Å²) in [5.41, 5.74) is 0.810. The molecule has 0 saturated heterocycles. The molecule has 0 unspecified atom stereocenters. The summed E-state index contributed by atoms with van der Waals surface area (Å²) in [6.45, 7) is 3.83. The normalized spacial score (nSPS) is 11.3. The van der Waals surface area contributed by atoms with Crippen molar-refractivity contribution in [3.63, 3.8) is 0 Å². The van der Waals surface area contributed by atoms with Crippen LogP contribution in [0.5, 0.6) is 0 Å². The molecule has 0 amide bonds. The third kappa shape index (κ3) is 3.28. The van der Waals surface area contributed by atoms with Gasteiger partial charge in [-0.1, -0.05) is 6.92 Å². The second kappa shape index (κ2) is 5.03. The highest BCUT2D eigenvalue weighted by atomic mass is 16.1. The predicted octanol–water partition coefficient (Wildman–Crippen LogP) is 1.48.